The first kappa shape index (κ1) is 15.4. The van der Waals surface area contributed by atoms with E-state index in [1.807, 2.05) is 4.68 Å². The third-order valence-electron chi connectivity index (χ3n) is 2.69. The van der Waals surface area contributed by atoms with Crippen LogP contribution in [0.1, 0.15) is 38.9 Å². The highest BCUT2D eigenvalue weighted by atomic mass is 35.5. The number of hydrazine groups is 1. The van der Waals surface area contributed by atoms with E-state index in [2.05, 4.69) is 31.3 Å². The second-order valence-corrected chi connectivity index (χ2v) is 5.98. The van der Waals surface area contributed by atoms with Crippen molar-refractivity contribution < 1.29 is 4.74 Å². The predicted molar refractivity (Wildman–Crippen MR) is 73.2 cm³/mol. The van der Waals surface area contributed by atoms with E-state index in [9.17, 15) is 0 Å². The fourth-order valence-corrected chi connectivity index (χ4v) is 2.19. The number of ether oxygens (including phenoxy) is 1. The Morgan fingerprint density at radius 1 is 1.56 bits per heavy atom. The molecule has 1 rings (SSSR count). The molecule has 1 heterocycles. The SMILES string of the molecule is COCCn1ncc(Cl)c1C(CC(C)(C)C)NN. The first-order valence-corrected chi connectivity index (χ1v) is 6.43. The van der Waals surface area contributed by atoms with Crippen LogP contribution in [0, 0.1) is 5.41 Å². The standard InChI is InChI=1S/C12H23ClN4O/c1-12(2,3)7-10(16-14)11-9(13)8-15-17(11)5-6-18-4/h8,10,16H,5-7,14H2,1-4H3. The molecule has 0 amide bonds. The molecule has 1 unspecified atom stereocenters. The maximum atomic E-state index is 6.21. The zero-order chi connectivity index (χ0) is 13.8. The quantitative estimate of drug-likeness (QED) is 0.616. The van der Waals surface area contributed by atoms with Gasteiger partial charge in [-0.1, -0.05) is 32.4 Å². The van der Waals surface area contributed by atoms with Crippen LogP contribution in [0.15, 0.2) is 6.20 Å². The Morgan fingerprint density at radius 3 is 2.72 bits per heavy atom. The highest BCUT2D eigenvalue weighted by Gasteiger charge is 2.24. The van der Waals surface area contributed by atoms with Crippen LogP contribution in [0.2, 0.25) is 5.02 Å². The summed E-state index contributed by atoms with van der Waals surface area (Å²) in [7, 11) is 1.67. The Labute approximate surface area is 114 Å². The molecule has 0 bridgehead atoms. The van der Waals surface area contributed by atoms with Crippen molar-refractivity contribution in [2.24, 2.45) is 11.3 Å². The maximum Gasteiger partial charge on any atom is 0.0834 e. The van der Waals surface area contributed by atoms with Gasteiger partial charge in [-0.15, -0.1) is 0 Å². The molecule has 0 radical (unpaired) electrons. The number of nitrogens with two attached hydrogens (primary N) is 1. The van der Waals surface area contributed by atoms with Crippen molar-refractivity contribution in [1.82, 2.24) is 15.2 Å². The summed E-state index contributed by atoms with van der Waals surface area (Å²) in [5.41, 5.74) is 3.90. The molecule has 0 fully saturated rings. The van der Waals surface area contributed by atoms with E-state index in [1.165, 1.54) is 0 Å². The largest absolute Gasteiger partial charge is 0.383 e. The van der Waals surface area contributed by atoms with E-state index in [4.69, 9.17) is 22.2 Å². The molecular formula is C12H23ClN4O. The second-order valence-electron chi connectivity index (χ2n) is 5.58. The predicted octanol–water partition coefficient (Wildman–Crippen LogP) is 2.12. The highest BCUT2D eigenvalue weighted by Crippen LogP contribution is 2.32. The van der Waals surface area contributed by atoms with Crippen molar-refractivity contribution in [3.8, 4) is 0 Å². The van der Waals surface area contributed by atoms with Gasteiger partial charge in [-0.25, -0.2) is 0 Å². The number of hydrogen-bond acceptors (Lipinski definition) is 4. The van der Waals surface area contributed by atoms with Gasteiger partial charge in [-0.05, 0) is 11.8 Å². The van der Waals surface area contributed by atoms with Gasteiger partial charge in [0.2, 0.25) is 0 Å². The lowest BCUT2D eigenvalue weighted by atomic mass is 9.87. The van der Waals surface area contributed by atoms with Gasteiger partial charge in [0.1, 0.15) is 0 Å². The van der Waals surface area contributed by atoms with Crippen LogP contribution >= 0.6 is 11.6 Å². The molecule has 0 aliphatic carbocycles. The van der Waals surface area contributed by atoms with Crippen LogP contribution in [0.3, 0.4) is 0 Å². The Balaban J connectivity index is 2.93. The molecule has 1 atom stereocenters. The lowest BCUT2D eigenvalue weighted by molar-refractivity contribution is 0.180. The number of nitrogens with one attached hydrogen (secondary N) is 1. The van der Waals surface area contributed by atoms with Gasteiger partial charge in [-0.2, -0.15) is 5.10 Å². The summed E-state index contributed by atoms with van der Waals surface area (Å²) in [5.74, 6) is 5.66. The van der Waals surface area contributed by atoms with Gasteiger partial charge in [0.15, 0.2) is 0 Å². The molecule has 0 saturated carbocycles. The maximum absolute atomic E-state index is 6.21. The normalized spacial score (nSPS) is 13.9. The molecule has 0 aliphatic heterocycles. The van der Waals surface area contributed by atoms with E-state index < -0.39 is 0 Å². The molecule has 104 valence electrons. The molecule has 0 spiro atoms. The van der Waals surface area contributed by atoms with Gasteiger partial charge < -0.3 is 4.74 Å². The van der Waals surface area contributed by atoms with Crippen LogP contribution in [0.25, 0.3) is 0 Å². The number of hydrogen-bond donors (Lipinski definition) is 2. The average Bonchev–Trinajstić information content (AvgIpc) is 2.63. The molecule has 1 aromatic rings. The zero-order valence-corrected chi connectivity index (χ0v) is 12.3. The number of halogens is 1. The zero-order valence-electron chi connectivity index (χ0n) is 11.5. The van der Waals surface area contributed by atoms with Gasteiger partial charge in [-0.3, -0.25) is 16.0 Å². The summed E-state index contributed by atoms with van der Waals surface area (Å²) in [6, 6.07) is -0.0168. The molecule has 3 N–H and O–H groups in total. The molecule has 0 saturated heterocycles. The van der Waals surface area contributed by atoms with E-state index in [0.29, 0.717) is 18.2 Å². The van der Waals surface area contributed by atoms with E-state index in [1.54, 1.807) is 13.3 Å². The first-order chi connectivity index (χ1) is 8.39. The number of rotatable bonds is 6. The third-order valence-corrected chi connectivity index (χ3v) is 2.98. The summed E-state index contributed by atoms with van der Waals surface area (Å²) in [4.78, 5) is 0. The highest BCUT2D eigenvalue weighted by molar-refractivity contribution is 6.31. The van der Waals surface area contributed by atoms with Crippen LogP contribution < -0.4 is 11.3 Å². The monoisotopic (exact) mass is 274 g/mol. The fourth-order valence-electron chi connectivity index (χ4n) is 1.92. The molecule has 1 aromatic heterocycles. The van der Waals surface area contributed by atoms with Gasteiger partial charge in [0, 0.05) is 7.11 Å². The number of nitrogens with zero attached hydrogens (tertiary/aromatic N) is 2. The van der Waals surface area contributed by atoms with Gasteiger partial charge in [0.05, 0.1) is 36.1 Å². The minimum Gasteiger partial charge on any atom is -0.383 e. The van der Waals surface area contributed by atoms with Gasteiger partial charge in [0.25, 0.3) is 0 Å². The second kappa shape index (κ2) is 6.52. The molecule has 5 nitrogen and oxygen atoms in total. The Hall–Kier alpha value is -0.620. The smallest absolute Gasteiger partial charge is 0.0834 e. The van der Waals surface area contributed by atoms with Crippen molar-refractivity contribution in [1.29, 1.82) is 0 Å². The van der Waals surface area contributed by atoms with Crippen molar-refractivity contribution in [3.05, 3.63) is 16.9 Å². The lowest BCUT2D eigenvalue weighted by Crippen LogP contribution is -2.33. The Morgan fingerprint density at radius 2 is 2.22 bits per heavy atom. The van der Waals surface area contributed by atoms with Crippen LogP contribution in [-0.2, 0) is 11.3 Å². The third kappa shape index (κ3) is 4.24. The van der Waals surface area contributed by atoms with E-state index >= 15 is 0 Å². The van der Waals surface area contributed by atoms with Crippen molar-refractivity contribution in [3.63, 3.8) is 0 Å². The first-order valence-electron chi connectivity index (χ1n) is 6.05. The van der Waals surface area contributed by atoms with Crippen molar-refractivity contribution in [2.45, 2.75) is 39.8 Å². The Bertz CT molecular complexity index is 373. The van der Waals surface area contributed by atoms with E-state index in [0.717, 1.165) is 12.1 Å². The van der Waals surface area contributed by atoms with Crippen molar-refractivity contribution >= 4 is 11.6 Å². The topological polar surface area (TPSA) is 65.1 Å². The van der Waals surface area contributed by atoms with Crippen LogP contribution in [0.5, 0.6) is 0 Å². The average molecular weight is 275 g/mol. The van der Waals surface area contributed by atoms with Crippen molar-refractivity contribution in [2.75, 3.05) is 13.7 Å². The Kier molecular flexibility index (Phi) is 5.59. The summed E-state index contributed by atoms with van der Waals surface area (Å²) in [6.07, 6.45) is 2.53. The minimum atomic E-state index is -0.0168. The lowest BCUT2D eigenvalue weighted by Gasteiger charge is -2.26. The fraction of sp³-hybridized carbons (Fsp3) is 0.750. The number of methoxy groups -OCH3 is 1. The summed E-state index contributed by atoms with van der Waals surface area (Å²) in [6.45, 7) is 7.77. The minimum absolute atomic E-state index is 0.0168. The van der Waals surface area contributed by atoms with Crippen LogP contribution in [-0.4, -0.2) is 23.5 Å². The molecule has 6 heteroatoms. The summed E-state index contributed by atoms with van der Waals surface area (Å²) >= 11 is 6.21. The molecule has 0 aromatic carbocycles. The summed E-state index contributed by atoms with van der Waals surface area (Å²) in [5, 5.41) is 4.90. The molecular weight excluding hydrogens is 252 g/mol. The van der Waals surface area contributed by atoms with E-state index in [-0.39, 0.29) is 11.5 Å². The number of aromatic nitrogens is 2. The van der Waals surface area contributed by atoms with Gasteiger partial charge >= 0.3 is 0 Å². The summed E-state index contributed by atoms with van der Waals surface area (Å²) < 4.78 is 6.92. The molecule has 18 heavy (non-hydrogen) atoms. The molecule has 0 aliphatic rings. The van der Waals surface area contributed by atoms with Crippen LogP contribution in [0.4, 0.5) is 0 Å².